The smallest absolute Gasteiger partial charge is 0.360 e. The molecule has 0 spiro atoms. The molecule has 4 heterocycles. The number of benzene rings is 1. The average Bonchev–Trinajstić information content (AvgIpc) is 3.48. The molecule has 0 bridgehead atoms. The molecule has 1 atom stereocenters. The number of hydrogen-bond acceptors (Lipinski definition) is 5. The molecule has 11 heteroatoms. The van der Waals surface area contributed by atoms with Gasteiger partial charge in [-0.1, -0.05) is 23.2 Å². The zero-order valence-electron chi connectivity index (χ0n) is 20.1. The molecule has 36 heavy (non-hydrogen) atoms. The van der Waals surface area contributed by atoms with Gasteiger partial charge in [-0.15, -0.1) is 4.73 Å². The van der Waals surface area contributed by atoms with Crippen molar-refractivity contribution in [3.05, 3.63) is 68.7 Å². The molecule has 0 amide bonds. The van der Waals surface area contributed by atoms with Gasteiger partial charge in [0, 0.05) is 34.1 Å². The lowest BCUT2D eigenvalue weighted by molar-refractivity contribution is 0.0492. The van der Waals surface area contributed by atoms with Crippen molar-refractivity contribution in [2.75, 3.05) is 11.5 Å². The molecule has 5 rings (SSSR count). The summed E-state index contributed by atoms with van der Waals surface area (Å²) < 4.78 is 17.2. The Kier molecular flexibility index (Phi) is 6.82. The van der Waals surface area contributed by atoms with Crippen LogP contribution in [0.1, 0.15) is 45.3 Å². The van der Waals surface area contributed by atoms with Crippen LogP contribution in [-0.2, 0) is 5.54 Å². The lowest BCUT2D eigenvalue weighted by Gasteiger charge is -2.37. The number of nitrogens with one attached hydrogen (secondary N) is 1. The average molecular weight is 550 g/mol. The number of rotatable bonds is 6. The second-order valence-corrected chi connectivity index (χ2v) is 11.5. The minimum atomic E-state index is -0.807. The maximum Gasteiger partial charge on any atom is 0.360 e. The summed E-state index contributed by atoms with van der Waals surface area (Å²) in [6, 6.07) is 4.40. The quantitative estimate of drug-likeness (QED) is 0.294. The maximum absolute atomic E-state index is 14.0. The Labute approximate surface area is 221 Å². The molecule has 1 aliphatic rings. The van der Waals surface area contributed by atoms with Gasteiger partial charge in [-0.05, 0) is 69.2 Å². The van der Waals surface area contributed by atoms with Crippen molar-refractivity contribution >= 4 is 46.1 Å². The second kappa shape index (κ2) is 9.76. The van der Waals surface area contributed by atoms with Crippen LogP contribution in [0.5, 0.6) is 0 Å². The van der Waals surface area contributed by atoms with E-state index in [1.165, 1.54) is 36.5 Å². The summed E-state index contributed by atoms with van der Waals surface area (Å²) >= 11 is 14.4. The van der Waals surface area contributed by atoms with Crippen molar-refractivity contribution in [1.29, 1.82) is 0 Å². The number of aromatic amines is 1. The van der Waals surface area contributed by atoms with Gasteiger partial charge >= 0.3 is 5.69 Å². The van der Waals surface area contributed by atoms with Crippen LogP contribution < -0.4 is 10.5 Å². The number of imidazole rings is 1. The molecule has 1 aromatic carbocycles. The van der Waals surface area contributed by atoms with Gasteiger partial charge in [0.1, 0.15) is 11.3 Å². The summed E-state index contributed by atoms with van der Waals surface area (Å²) in [4.78, 5) is 25.7. The van der Waals surface area contributed by atoms with Crippen LogP contribution in [0.4, 0.5) is 4.39 Å². The predicted molar refractivity (Wildman–Crippen MR) is 142 cm³/mol. The normalized spacial score (nSPS) is 15.9. The lowest BCUT2D eigenvalue weighted by Crippen LogP contribution is -2.37. The Bertz CT molecular complexity index is 1480. The molecule has 0 radical (unpaired) electrons. The summed E-state index contributed by atoms with van der Waals surface area (Å²) in [5.74, 6) is 2.29. The molecule has 3 aromatic heterocycles. The highest BCUT2D eigenvalue weighted by Gasteiger charge is 2.33. The standard InChI is InChI=1S/C25H26Cl2FN5O2S/c1-14(21-18(26)4-5-19(28)22(21)27)35-33-20-10-15(11-29-23(20)31-24(33)34)16-12-30-32(13-16)25(2,3)17-6-8-36-9-7-17/h4-5,10-14,17H,6-9H2,1-3H3,(H,29,31,34). The third kappa shape index (κ3) is 4.53. The van der Waals surface area contributed by atoms with E-state index in [9.17, 15) is 9.18 Å². The maximum atomic E-state index is 14.0. The molecule has 1 aliphatic heterocycles. The topological polar surface area (TPSA) is 77.7 Å². The number of H-pyrrole nitrogens is 1. The Morgan fingerprint density at radius 2 is 1.97 bits per heavy atom. The van der Waals surface area contributed by atoms with Gasteiger partial charge in [0.15, 0.2) is 11.8 Å². The Morgan fingerprint density at radius 1 is 1.22 bits per heavy atom. The third-order valence-corrected chi connectivity index (χ3v) is 8.73. The van der Waals surface area contributed by atoms with E-state index in [1.54, 1.807) is 13.1 Å². The number of pyridine rings is 1. The van der Waals surface area contributed by atoms with Gasteiger partial charge in [-0.25, -0.2) is 14.2 Å². The third-order valence-electron chi connectivity index (χ3n) is 6.97. The number of hydrogen-bond donors (Lipinski definition) is 1. The molecular weight excluding hydrogens is 524 g/mol. The first kappa shape index (κ1) is 25.2. The number of fused-ring (bicyclic) bond motifs is 1. The number of thioether (sulfide) groups is 1. The SMILES string of the molecule is CC(On1c(=O)[nH]c2ncc(-c3cnn(C(C)(C)C4CCSCC4)c3)cc21)c1c(Cl)ccc(F)c1Cl. The van der Waals surface area contributed by atoms with E-state index in [-0.39, 0.29) is 21.1 Å². The van der Waals surface area contributed by atoms with Crippen LogP contribution in [0.25, 0.3) is 22.3 Å². The Balaban J connectivity index is 1.47. The van der Waals surface area contributed by atoms with Gasteiger partial charge in [0.05, 0.1) is 16.8 Å². The molecule has 190 valence electrons. The zero-order chi connectivity index (χ0) is 25.6. The predicted octanol–water partition coefficient (Wildman–Crippen LogP) is 6.10. The van der Waals surface area contributed by atoms with Crippen LogP contribution in [0, 0.1) is 11.7 Å². The largest absolute Gasteiger partial charge is 0.401 e. The lowest BCUT2D eigenvalue weighted by atomic mass is 9.83. The highest BCUT2D eigenvalue weighted by molar-refractivity contribution is 7.99. The minimum absolute atomic E-state index is 0.116. The number of aromatic nitrogens is 5. The highest BCUT2D eigenvalue weighted by atomic mass is 35.5. The first-order chi connectivity index (χ1) is 17.2. The Hall–Kier alpha value is -2.49. The fourth-order valence-electron chi connectivity index (χ4n) is 4.73. The van der Waals surface area contributed by atoms with E-state index in [1.807, 2.05) is 34.9 Å². The second-order valence-electron chi connectivity index (χ2n) is 9.53. The fraction of sp³-hybridized carbons (Fsp3) is 0.400. The fourth-order valence-corrected chi connectivity index (χ4v) is 6.52. The molecule has 4 aromatic rings. The van der Waals surface area contributed by atoms with Gasteiger partial charge in [-0.3, -0.25) is 9.67 Å². The van der Waals surface area contributed by atoms with Crippen molar-refractivity contribution in [2.45, 2.75) is 45.3 Å². The molecular formula is C25H26Cl2FN5O2S. The van der Waals surface area contributed by atoms with Gasteiger partial charge in [0.25, 0.3) is 0 Å². The molecule has 1 fully saturated rings. The highest BCUT2D eigenvalue weighted by Crippen LogP contribution is 2.37. The first-order valence-electron chi connectivity index (χ1n) is 11.7. The zero-order valence-corrected chi connectivity index (χ0v) is 22.4. The van der Waals surface area contributed by atoms with Crippen LogP contribution >= 0.6 is 35.0 Å². The minimum Gasteiger partial charge on any atom is -0.401 e. The van der Waals surface area contributed by atoms with E-state index in [0.717, 1.165) is 15.9 Å². The first-order valence-corrected chi connectivity index (χ1v) is 13.6. The van der Waals surface area contributed by atoms with Crippen molar-refractivity contribution in [3.63, 3.8) is 0 Å². The monoisotopic (exact) mass is 549 g/mol. The Morgan fingerprint density at radius 3 is 2.72 bits per heavy atom. The van der Waals surface area contributed by atoms with Crippen LogP contribution in [-0.4, -0.2) is 36.0 Å². The summed E-state index contributed by atoms with van der Waals surface area (Å²) in [5.41, 5.74) is 2.09. The van der Waals surface area contributed by atoms with Crippen LogP contribution in [0.15, 0.2) is 41.6 Å². The van der Waals surface area contributed by atoms with Crippen molar-refractivity contribution in [2.24, 2.45) is 5.92 Å². The van der Waals surface area contributed by atoms with Crippen LogP contribution in [0.2, 0.25) is 10.0 Å². The van der Waals surface area contributed by atoms with Crippen molar-refractivity contribution in [3.8, 4) is 11.1 Å². The summed E-state index contributed by atoms with van der Waals surface area (Å²) in [7, 11) is 0. The summed E-state index contributed by atoms with van der Waals surface area (Å²) in [6.07, 6.45) is 7.06. The summed E-state index contributed by atoms with van der Waals surface area (Å²) in [6.45, 7) is 6.10. The molecule has 0 aliphatic carbocycles. The van der Waals surface area contributed by atoms with Crippen molar-refractivity contribution in [1.82, 2.24) is 24.5 Å². The molecule has 1 saturated heterocycles. The van der Waals surface area contributed by atoms with E-state index in [0.29, 0.717) is 17.1 Å². The van der Waals surface area contributed by atoms with Gasteiger partial charge < -0.3 is 4.84 Å². The van der Waals surface area contributed by atoms with Crippen molar-refractivity contribution < 1.29 is 9.23 Å². The molecule has 0 saturated carbocycles. The number of nitrogens with zero attached hydrogens (tertiary/aromatic N) is 4. The van der Waals surface area contributed by atoms with E-state index in [4.69, 9.17) is 28.0 Å². The molecule has 1 unspecified atom stereocenters. The van der Waals surface area contributed by atoms with E-state index in [2.05, 4.69) is 28.9 Å². The van der Waals surface area contributed by atoms with Gasteiger partial charge in [-0.2, -0.15) is 16.9 Å². The van der Waals surface area contributed by atoms with E-state index >= 15 is 0 Å². The van der Waals surface area contributed by atoms with Gasteiger partial charge in [0.2, 0.25) is 0 Å². The molecule has 1 N–H and O–H groups in total. The summed E-state index contributed by atoms with van der Waals surface area (Å²) in [5, 5.41) is 4.77. The van der Waals surface area contributed by atoms with Crippen LogP contribution in [0.3, 0.4) is 0 Å². The number of halogens is 3. The van der Waals surface area contributed by atoms with E-state index < -0.39 is 17.6 Å². The molecule has 7 nitrogen and oxygen atoms in total.